The molecule has 68 heavy (non-hydrogen) atoms. The molecule has 0 bridgehead atoms. The third kappa shape index (κ3) is 19.6. The second-order valence-electron chi connectivity index (χ2n) is 17.6. The maximum atomic E-state index is 12.9. The van der Waals surface area contributed by atoms with Crippen LogP contribution in [0, 0.1) is 11.3 Å². The molecule has 0 atom stereocenters. The van der Waals surface area contributed by atoms with Gasteiger partial charge in [0.2, 0.25) is 0 Å². The van der Waals surface area contributed by atoms with Crippen molar-refractivity contribution in [3.63, 3.8) is 0 Å². The lowest BCUT2D eigenvalue weighted by Crippen LogP contribution is -2.45. The molecule has 0 radical (unpaired) electrons. The summed E-state index contributed by atoms with van der Waals surface area (Å²) in [5.41, 5.74) is 3.88. The summed E-state index contributed by atoms with van der Waals surface area (Å²) in [4.78, 5) is 75.7. The van der Waals surface area contributed by atoms with Crippen molar-refractivity contribution in [2.75, 3.05) is 73.7 Å². The van der Waals surface area contributed by atoms with E-state index < -0.39 is 67.7 Å². The molecule has 3 rings (SSSR count). The van der Waals surface area contributed by atoms with Crippen LogP contribution in [0.15, 0.2) is 60.7 Å². The van der Waals surface area contributed by atoms with Crippen LogP contribution in [0.5, 0.6) is 5.75 Å². The summed E-state index contributed by atoms with van der Waals surface area (Å²) in [5, 5.41) is 0. The van der Waals surface area contributed by atoms with Gasteiger partial charge in [-0.25, -0.2) is 28.8 Å². The number of rotatable bonds is 30. The van der Waals surface area contributed by atoms with Gasteiger partial charge in [0, 0.05) is 25.4 Å². The van der Waals surface area contributed by atoms with E-state index in [-0.39, 0.29) is 44.2 Å². The highest BCUT2D eigenvalue weighted by molar-refractivity contribution is 6.30. The Labute approximate surface area is 402 Å². The van der Waals surface area contributed by atoms with Crippen molar-refractivity contribution in [1.29, 1.82) is 0 Å². The van der Waals surface area contributed by atoms with Gasteiger partial charge in [-0.05, 0) is 111 Å². The second-order valence-corrected chi connectivity index (χ2v) is 17.6. The van der Waals surface area contributed by atoms with Gasteiger partial charge >= 0.3 is 35.8 Å². The zero-order chi connectivity index (χ0) is 49.9. The Hall–Kier alpha value is -5.54. The monoisotopic (exact) mass is 951 g/mol. The zero-order valence-electron chi connectivity index (χ0n) is 41.2. The quantitative estimate of drug-likeness (QED) is 0.0238. The standard InChI is InChI=1S/C53H74O15/c1-9-11-12-13-14-16-39-18-20-41(21-19-39)42-22-24-45(40(10-2)31-42)43-23-25-46(44(32-43)17-15-26-62-47(54)37(3)4)65-33-53(34-66-48(55)38(5)6,35-67-51(58)49(56)63-29-27-60-7)36-68-52(59)50(57)64-30-28-61-8/h22-25,31-32,39,41H,3,5,9-21,26-30,33-36H2,1-2,4,6-8H3. The Kier molecular flexibility index (Phi) is 25.7. The number of esters is 6. The summed E-state index contributed by atoms with van der Waals surface area (Å²) in [6.07, 6.45) is 14.4. The molecule has 0 unspecified atom stereocenters. The van der Waals surface area contributed by atoms with Gasteiger partial charge in [-0.15, -0.1) is 0 Å². The first kappa shape index (κ1) is 56.8. The van der Waals surface area contributed by atoms with Crippen LogP contribution < -0.4 is 4.74 Å². The number of carbonyl (C=O) groups excluding carboxylic acids is 6. The fourth-order valence-corrected chi connectivity index (χ4v) is 7.83. The minimum absolute atomic E-state index is 0.0207. The van der Waals surface area contributed by atoms with E-state index in [1.807, 2.05) is 12.1 Å². The van der Waals surface area contributed by atoms with Crippen LogP contribution in [-0.2, 0) is 79.5 Å². The number of benzene rings is 2. The van der Waals surface area contributed by atoms with E-state index in [0.29, 0.717) is 24.5 Å². The molecule has 1 aliphatic carbocycles. The summed E-state index contributed by atoms with van der Waals surface area (Å²) >= 11 is 0. The van der Waals surface area contributed by atoms with Crippen LogP contribution in [-0.4, -0.2) is 109 Å². The molecule has 0 aliphatic heterocycles. The first-order valence-electron chi connectivity index (χ1n) is 23.9. The Morgan fingerprint density at radius 1 is 0.574 bits per heavy atom. The lowest BCUT2D eigenvalue weighted by Gasteiger charge is -2.32. The van der Waals surface area contributed by atoms with E-state index in [4.69, 9.17) is 42.6 Å². The van der Waals surface area contributed by atoms with Gasteiger partial charge in [0.15, 0.2) is 0 Å². The predicted molar refractivity (Wildman–Crippen MR) is 255 cm³/mol. The largest absolute Gasteiger partial charge is 0.492 e. The maximum absolute atomic E-state index is 12.9. The number of ether oxygens (including phenoxy) is 9. The van der Waals surface area contributed by atoms with Crippen LogP contribution in [0.4, 0.5) is 0 Å². The highest BCUT2D eigenvalue weighted by atomic mass is 16.6. The van der Waals surface area contributed by atoms with Gasteiger partial charge in [-0.3, -0.25) is 0 Å². The molecule has 0 heterocycles. The summed E-state index contributed by atoms with van der Waals surface area (Å²) < 4.78 is 47.7. The van der Waals surface area contributed by atoms with E-state index in [9.17, 15) is 28.8 Å². The van der Waals surface area contributed by atoms with Crippen LogP contribution in [0.25, 0.3) is 11.1 Å². The Balaban J connectivity index is 1.98. The minimum atomic E-state index is -1.72. The first-order valence-corrected chi connectivity index (χ1v) is 23.9. The van der Waals surface area contributed by atoms with E-state index in [1.165, 1.54) is 96.5 Å². The molecule has 15 heteroatoms. The molecule has 376 valence electrons. The summed E-state index contributed by atoms with van der Waals surface area (Å²) in [7, 11) is 2.78. The molecule has 0 amide bonds. The molecule has 0 saturated heterocycles. The Morgan fingerprint density at radius 3 is 1.68 bits per heavy atom. The highest BCUT2D eigenvalue weighted by Gasteiger charge is 2.39. The van der Waals surface area contributed by atoms with Crippen molar-refractivity contribution in [1.82, 2.24) is 0 Å². The molecular formula is C53H74O15. The third-order valence-corrected chi connectivity index (χ3v) is 11.9. The first-order chi connectivity index (χ1) is 32.7. The van der Waals surface area contributed by atoms with E-state index in [2.05, 4.69) is 45.2 Å². The van der Waals surface area contributed by atoms with Gasteiger partial charge in [0.25, 0.3) is 0 Å². The van der Waals surface area contributed by atoms with E-state index >= 15 is 0 Å². The topological polar surface area (TPSA) is 185 Å². The molecule has 15 nitrogen and oxygen atoms in total. The van der Waals surface area contributed by atoms with Gasteiger partial charge in [-0.1, -0.05) is 89.8 Å². The fraction of sp³-hybridized carbons (Fsp3) is 0.585. The van der Waals surface area contributed by atoms with Gasteiger partial charge < -0.3 is 42.6 Å². The molecule has 1 aliphatic rings. The van der Waals surface area contributed by atoms with Crippen LogP contribution in [0.2, 0.25) is 0 Å². The normalized spacial score (nSPS) is 14.6. The predicted octanol–water partition coefficient (Wildman–Crippen LogP) is 8.55. The van der Waals surface area contributed by atoms with Crippen molar-refractivity contribution in [2.24, 2.45) is 11.3 Å². The van der Waals surface area contributed by atoms with Gasteiger partial charge in [-0.2, -0.15) is 0 Å². The molecule has 0 N–H and O–H groups in total. The van der Waals surface area contributed by atoms with Crippen molar-refractivity contribution in [3.05, 3.63) is 77.4 Å². The Morgan fingerprint density at radius 2 is 1.12 bits per heavy atom. The Bertz CT molecular complexity index is 1940. The van der Waals surface area contributed by atoms with Crippen LogP contribution >= 0.6 is 0 Å². The molecule has 0 spiro atoms. The second kappa shape index (κ2) is 30.8. The molecule has 0 aromatic heterocycles. The molecule has 1 fully saturated rings. The van der Waals surface area contributed by atoms with E-state index in [1.54, 1.807) is 13.0 Å². The zero-order valence-corrected chi connectivity index (χ0v) is 41.2. The smallest absolute Gasteiger partial charge is 0.417 e. The van der Waals surface area contributed by atoms with Crippen molar-refractivity contribution >= 4 is 35.8 Å². The fourth-order valence-electron chi connectivity index (χ4n) is 7.83. The van der Waals surface area contributed by atoms with Gasteiger partial charge in [0.1, 0.15) is 50.8 Å². The number of aryl methyl sites for hydroxylation is 2. The number of carbonyl (C=O) groups is 6. The highest BCUT2D eigenvalue weighted by Crippen LogP contribution is 2.40. The summed E-state index contributed by atoms with van der Waals surface area (Å²) in [5.74, 6) is -5.07. The average Bonchev–Trinajstić information content (AvgIpc) is 3.34. The lowest BCUT2D eigenvalue weighted by molar-refractivity contribution is -0.179. The maximum Gasteiger partial charge on any atom is 0.417 e. The number of unbranched alkanes of at least 4 members (excludes halogenated alkanes) is 4. The van der Waals surface area contributed by atoms with Crippen LogP contribution in [0.3, 0.4) is 0 Å². The summed E-state index contributed by atoms with van der Waals surface area (Å²) in [6.45, 7) is 11.9. The molecule has 1 saturated carbocycles. The SMILES string of the molecule is C=C(C)C(=O)OCCCc1cc(-c2ccc(C3CCC(CCCCCCC)CC3)cc2CC)ccc1OCC(COC(=O)C(=C)C)(COC(=O)C(=O)OCCOC)COC(=O)C(=O)OCCOC. The minimum Gasteiger partial charge on any atom is -0.492 e. The number of hydrogen-bond donors (Lipinski definition) is 0. The number of methoxy groups -OCH3 is 2. The third-order valence-electron chi connectivity index (χ3n) is 11.9. The van der Waals surface area contributed by atoms with Crippen molar-refractivity contribution in [3.8, 4) is 16.9 Å². The molecule has 2 aromatic carbocycles. The van der Waals surface area contributed by atoms with E-state index in [0.717, 1.165) is 29.0 Å². The average molecular weight is 951 g/mol. The van der Waals surface area contributed by atoms with Crippen LogP contribution in [0.1, 0.15) is 121 Å². The summed E-state index contributed by atoms with van der Waals surface area (Å²) in [6, 6.07) is 12.5. The van der Waals surface area contributed by atoms with Gasteiger partial charge in [0.05, 0.1) is 19.8 Å². The molecule has 2 aromatic rings. The number of hydrogen-bond acceptors (Lipinski definition) is 15. The molecular weight excluding hydrogens is 877 g/mol. The lowest BCUT2D eigenvalue weighted by atomic mass is 9.76. The van der Waals surface area contributed by atoms with Crippen molar-refractivity contribution < 1.29 is 71.4 Å². The van der Waals surface area contributed by atoms with Crippen molar-refractivity contribution in [2.45, 2.75) is 117 Å².